The minimum absolute atomic E-state index is 0. The van der Waals surface area contributed by atoms with Crippen LogP contribution in [0.25, 0.3) is 0 Å². The number of amides is 1. The number of halogens is 3. The van der Waals surface area contributed by atoms with Crippen LogP contribution in [0.15, 0.2) is 30.3 Å². The number of aryl methyl sites for hydroxylation is 2. The second-order valence-corrected chi connectivity index (χ2v) is 7.15. The van der Waals surface area contributed by atoms with Crippen molar-refractivity contribution in [3.63, 3.8) is 0 Å². The Morgan fingerprint density at radius 3 is 2.17 bits per heavy atom. The Labute approximate surface area is 192 Å². The quantitative estimate of drug-likeness (QED) is 0.738. The van der Waals surface area contributed by atoms with Gasteiger partial charge in [-0.15, -0.1) is 37.2 Å². The van der Waals surface area contributed by atoms with Gasteiger partial charge in [-0.25, -0.2) is 0 Å². The van der Waals surface area contributed by atoms with Gasteiger partial charge >= 0.3 is 0 Å². The standard InChI is InChI=1S/C20H29N5O.3ClH/c1-15-18(16(2)23(3)22-15)14-24-9-11-25(12-10-24)20(26)13-19(21)17-7-5-4-6-8-17;;;/h4-8,19H,9-14,21H2,1-3H3;3*1H. The highest BCUT2D eigenvalue weighted by Gasteiger charge is 2.24. The Morgan fingerprint density at radius 1 is 1.07 bits per heavy atom. The number of hydrogen-bond donors (Lipinski definition) is 1. The topological polar surface area (TPSA) is 67.4 Å². The molecular weight excluding hydrogens is 433 g/mol. The van der Waals surface area contributed by atoms with Gasteiger partial charge in [0.15, 0.2) is 0 Å². The Bertz CT molecular complexity index is 761. The Kier molecular flexibility index (Phi) is 11.8. The lowest BCUT2D eigenvalue weighted by molar-refractivity contribution is -0.133. The summed E-state index contributed by atoms with van der Waals surface area (Å²) in [5.74, 6) is 0.148. The molecule has 1 aromatic heterocycles. The molecule has 0 bridgehead atoms. The molecule has 1 saturated heterocycles. The number of carbonyl (C=O) groups excluding carboxylic acids is 1. The summed E-state index contributed by atoms with van der Waals surface area (Å²) in [6, 6.07) is 9.61. The second-order valence-electron chi connectivity index (χ2n) is 7.15. The van der Waals surface area contributed by atoms with Crippen molar-refractivity contribution in [2.24, 2.45) is 12.8 Å². The molecule has 1 unspecified atom stereocenters. The van der Waals surface area contributed by atoms with Crippen molar-refractivity contribution in [2.45, 2.75) is 32.9 Å². The largest absolute Gasteiger partial charge is 0.340 e. The summed E-state index contributed by atoms with van der Waals surface area (Å²) in [7, 11) is 1.98. The Balaban J connectivity index is 0.00000261. The van der Waals surface area contributed by atoms with Crippen LogP contribution in [0.5, 0.6) is 0 Å². The number of aromatic nitrogens is 2. The minimum Gasteiger partial charge on any atom is -0.340 e. The first-order valence-corrected chi connectivity index (χ1v) is 9.25. The molecular formula is C20H32Cl3N5O. The molecule has 1 aromatic carbocycles. The van der Waals surface area contributed by atoms with Crippen molar-refractivity contribution in [3.8, 4) is 0 Å². The smallest absolute Gasteiger partial charge is 0.224 e. The predicted molar refractivity (Wildman–Crippen MR) is 124 cm³/mol. The fraction of sp³-hybridized carbons (Fsp3) is 0.500. The van der Waals surface area contributed by atoms with E-state index in [1.54, 1.807) is 0 Å². The maximum atomic E-state index is 12.6. The number of benzene rings is 1. The zero-order chi connectivity index (χ0) is 18.7. The van der Waals surface area contributed by atoms with Crippen molar-refractivity contribution in [1.82, 2.24) is 19.6 Å². The van der Waals surface area contributed by atoms with E-state index in [1.165, 1.54) is 11.3 Å². The highest BCUT2D eigenvalue weighted by atomic mass is 35.5. The van der Waals surface area contributed by atoms with Gasteiger partial charge in [-0.05, 0) is 19.4 Å². The van der Waals surface area contributed by atoms with Crippen LogP contribution in [-0.4, -0.2) is 51.7 Å². The van der Waals surface area contributed by atoms with Crippen LogP contribution in [0, 0.1) is 13.8 Å². The number of nitrogens with zero attached hydrogens (tertiary/aromatic N) is 4. The Hall–Kier alpha value is -1.31. The molecule has 1 aliphatic rings. The molecule has 3 rings (SSSR count). The SMILES string of the molecule is Cc1nn(C)c(C)c1CN1CCN(C(=O)CC(N)c2ccccc2)CC1.Cl.Cl.Cl. The first-order chi connectivity index (χ1) is 12.5. The van der Waals surface area contributed by atoms with Gasteiger partial charge in [0.25, 0.3) is 0 Å². The van der Waals surface area contributed by atoms with Gasteiger partial charge in [0.1, 0.15) is 0 Å². The second kappa shape index (κ2) is 12.4. The number of carbonyl (C=O) groups is 1. The van der Waals surface area contributed by atoms with Crippen LogP contribution in [0.4, 0.5) is 0 Å². The van der Waals surface area contributed by atoms with Crippen LogP contribution in [0.1, 0.15) is 35.0 Å². The van der Waals surface area contributed by atoms with Gasteiger partial charge in [0.05, 0.1) is 5.69 Å². The van der Waals surface area contributed by atoms with Gasteiger partial charge < -0.3 is 10.6 Å². The van der Waals surface area contributed by atoms with E-state index < -0.39 is 0 Å². The average molecular weight is 465 g/mol. The summed E-state index contributed by atoms with van der Waals surface area (Å²) >= 11 is 0. The van der Waals surface area contributed by atoms with Crippen LogP contribution < -0.4 is 5.73 Å². The fourth-order valence-corrected chi connectivity index (χ4v) is 3.56. The monoisotopic (exact) mass is 463 g/mol. The van der Waals surface area contributed by atoms with E-state index in [9.17, 15) is 4.79 Å². The maximum Gasteiger partial charge on any atom is 0.224 e. The first-order valence-electron chi connectivity index (χ1n) is 9.25. The zero-order valence-corrected chi connectivity index (χ0v) is 19.7. The van der Waals surface area contributed by atoms with Gasteiger partial charge in [-0.3, -0.25) is 14.4 Å². The van der Waals surface area contributed by atoms with E-state index in [1.807, 2.05) is 47.0 Å². The molecule has 2 N–H and O–H groups in total. The van der Waals surface area contributed by atoms with E-state index in [4.69, 9.17) is 5.73 Å². The normalized spacial score (nSPS) is 15.0. The van der Waals surface area contributed by atoms with Crippen LogP contribution in [0.3, 0.4) is 0 Å². The zero-order valence-electron chi connectivity index (χ0n) is 17.2. The van der Waals surface area contributed by atoms with Gasteiger partial charge in [0.2, 0.25) is 5.91 Å². The van der Waals surface area contributed by atoms with Crippen molar-refractivity contribution < 1.29 is 4.79 Å². The molecule has 1 fully saturated rings. The molecule has 0 aliphatic carbocycles. The van der Waals surface area contributed by atoms with E-state index in [2.05, 4.69) is 23.8 Å². The van der Waals surface area contributed by atoms with Gasteiger partial charge in [0, 0.05) is 63.5 Å². The number of nitrogens with two attached hydrogens (primary N) is 1. The lowest BCUT2D eigenvalue weighted by atomic mass is 10.0. The van der Waals surface area contributed by atoms with Crippen molar-refractivity contribution in [1.29, 1.82) is 0 Å². The summed E-state index contributed by atoms with van der Waals surface area (Å²) < 4.78 is 1.94. The molecule has 164 valence electrons. The van der Waals surface area contributed by atoms with Crippen LogP contribution in [0.2, 0.25) is 0 Å². The molecule has 1 aliphatic heterocycles. The highest BCUT2D eigenvalue weighted by Crippen LogP contribution is 2.18. The van der Waals surface area contributed by atoms with Crippen molar-refractivity contribution >= 4 is 43.1 Å². The highest BCUT2D eigenvalue weighted by molar-refractivity contribution is 5.86. The molecule has 9 heteroatoms. The molecule has 0 radical (unpaired) electrons. The molecule has 29 heavy (non-hydrogen) atoms. The van der Waals surface area contributed by atoms with Gasteiger partial charge in [-0.1, -0.05) is 30.3 Å². The van der Waals surface area contributed by atoms with Crippen molar-refractivity contribution in [3.05, 3.63) is 52.8 Å². The molecule has 1 atom stereocenters. The number of piperazine rings is 1. The predicted octanol–water partition coefficient (Wildman–Crippen LogP) is 3.04. The fourth-order valence-electron chi connectivity index (χ4n) is 3.56. The van der Waals surface area contributed by atoms with E-state index in [0.29, 0.717) is 6.42 Å². The average Bonchev–Trinajstić information content (AvgIpc) is 2.89. The third kappa shape index (κ3) is 6.86. The van der Waals surface area contributed by atoms with Crippen LogP contribution in [-0.2, 0) is 18.4 Å². The first kappa shape index (κ1) is 27.7. The van der Waals surface area contributed by atoms with E-state index in [0.717, 1.165) is 44.0 Å². The van der Waals surface area contributed by atoms with Crippen molar-refractivity contribution in [2.75, 3.05) is 26.2 Å². The summed E-state index contributed by atoms with van der Waals surface area (Å²) in [4.78, 5) is 16.9. The third-order valence-electron chi connectivity index (χ3n) is 5.39. The van der Waals surface area contributed by atoms with Crippen LogP contribution >= 0.6 is 37.2 Å². The lowest BCUT2D eigenvalue weighted by Gasteiger charge is -2.35. The molecule has 1 amide bonds. The third-order valence-corrected chi connectivity index (χ3v) is 5.39. The molecule has 0 saturated carbocycles. The van der Waals surface area contributed by atoms with Gasteiger partial charge in [-0.2, -0.15) is 5.10 Å². The number of hydrogen-bond acceptors (Lipinski definition) is 4. The summed E-state index contributed by atoms with van der Waals surface area (Å²) in [5.41, 5.74) is 10.8. The summed E-state index contributed by atoms with van der Waals surface area (Å²) in [6.45, 7) is 8.38. The van der Waals surface area contributed by atoms with E-state index in [-0.39, 0.29) is 49.2 Å². The summed E-state index contributed by atoms with van der Waals surface area (Å²) in [6.07, 6.45) is 0.366. The van der Waals surface area contributed by atoms with E-state index >= 15 is 0 Å². The molecule has 6 nitrogen and oxygen atoms in total. The number of rotatable bonds is 5. The minimum atomic E-state index is -0.234. The molecule has 2 aromatic rings. The lowest BCUT2D eigenvalue weighted by Crippen LogP contribution is -2.48. The maximum absolute atomic E-state index is 12.6. The Morgan fingerprint density at radius 2 is 1.66 bits per heavy atom. The molecule has 2 heterocycles. The summed E-state index contributed by atoms with van der Waals surface area (Å²) in [5, 5.41) is 4.49. The molecule has 0 spiro atoms.